The van der Waals surface area contributed by atoms with Gasteiger partial charge in [-0.05, 0) is 6.92 Å². The standard InChI is InChI=1S/C5H7BrN4O/c1-3-7-5(10-9-3)8-4(11)2-6/h2H2,1H3,(H2,7,8,9,10,11). The van der Waals surface area contributed by atoms with Crippen molar-refractivity contribution in [1.82, 2.24) is 15.2 Å². The maximum atomic E-state index is 10.7. The number of halogens is 1. The number of aromatic nitrogens is 3. The molecule has 0 atom stereocenters. The molecule has 2 N–H and O–H groups in total. The molecule has 0 radical (unpaired) electrons. The van der Waals surface area contributed by atoms with Gasteiger partial charge in [-0.15, -0.1) is 5.10 Å². The number of rotatable bonds is 2. The van der Waals surface area contributed by atoms with E-state index in [2.05, 4.69) is 36.4 Å². The Morgan fingerprint density at radius 2 is 2.55 bits per heavy atom. The Morgan fingerprint density at radius 1 is 1.82 bits per heavy atom. The summed E-state index contributed by atoms with van der Waals surface area (Å²) in [6.45, 7) is 1.76. The Labute approximate surface area is 71.7 Å². The van der Waals surface area contributed by atoms with Gasteiger partial charge in [-0.1, -0.05) is 15.9 Å². The average Bonchev–Trinajstić information content (AvgIpc) is 2.35. The molecule has 0 aromatic carbocycles. The summed E-state index contributed by atoms with van der Waals surface area (Å²) in [5.74, 6) is 0.825. The molecule has 0 aliphatic heterocycles. The van der Waals surface area contributed by atoms with E-state index in [0.29, 0.717) is 11.8 Å². The molecule has 0 aliphatic rings. The van der Waals surface area contributed by atoms with E-state index in [4.69, 9.17) is 0 Å². The van der Waals surface area contributed by atoms with Gasteiger partial charge in [-0.3, -0.25) is 15.2 Å². The van der Waals surface area contributed by atoms with E-state index in [1.165, 1.54) is 0 Å². The molecule has 0 saturated carbocycles. The number of carbonyl (C=O) groups excluding carboxylic acids is 1. The number of hydrogen-bond donors (Lipinski definition) is 2. The lowest BCUT2D eigenvalue weighted by atomic mass is 10.7. The van der Waals surface area contributed by atoms with Crippen molar-refractivity contribution in [2.45, 2.75) is 6.92 Å². The van der Waals surface area contributed by atoms with Crippen molar-refractivity contribution in [1.29, 1.82) is 0 Å². The normalized spacial score (nSPS) is 9.64. The quantitative estimate of drug-likeness (QED) is 0.709. The summed E-state index contributed by atoms with van der Waals surface area (Å²) in [4.78, 5) is 14.6. The van der Waals surface area contributed by atoms with Crippen LogP contribution in [0.2, 0.25) is 0 Å². The van der Waals surface area contributed by atoms with E-state index in [9.17, 15) is 4.79 Å². The summed E-state index contributed by atoms with van der Waals surface area (Å²) in [6.07, 6.45) is 0. The van der Waals surface area contributed by atoms with Gasteiger partial charge in [0.15, 0.2) is 0 Å². The first-order chi connectivity index (χ1) is 5.22. The number of amides is 1. The van der Waals surface area contributed by atoms with Crippen molar-refractivity contribution in [2.24, 2.45) is 0 Å². The van der Waals surface area contributed by atoms with Crippen LogP contribution in [-0.4, -0.2) is 26.4 Å². The molecule has 1 rings (SSSR count). The van der Waals surface area contributed by atoms with Gasteiger partial charge in [0.1, 0.15) is 5.82 Å². The highest BCUT2D eigenvalue weighted by Gasteiger charge is 2.02. The van der Waals surface area contributed by atoms with Crippen LogP contribution in [0, 0.1) is 6.92 Å². The zero-order valence-corrected chi connectivity index (χ0v) is 7.47. The Balaban J connectivity index is 2.57. The molecule has 1 aromatic heterocycles. The first kappa shape index (κ1) is 8.19. The molecule has 0 aliphatic carbocycles. The SMILES string of the molecule is Cc1nc(NC(=O)CBr)n[nH]1. The first-order valence-corrected chi connectivity index (χ1v) is 4.09. The molecular formula is C5H7BrN4O. The minimum atomic E-state index is -0.163. The van der Waals surface area contributed by atoms with Crippen LogP contribution in [0.15, 0.2) is 0 Å². The molecule has 11 heavy (non-hydrogen) atoms. The molecule has 6 heteroatoms. The number of aromatic amines is 1. The van der Waals surface area contributed by atoms with Crippen LogP contribution in [0.1, 0.15) is 5.82 Å². The molecule has 0 unspecified atom stereocenters. The highest BCUT2D eigenvalue weighted by atomic mass is 79.9. The van der Waals surface area contributed by atoms with Crippen LogP contribution >= 0.6 is 15.9 Å². The third-order valence-electron chi connectivity index (χ3n) is 0.970. The van der Waals surface area contributed by atoms with E-state index in [-0.39, 0.29) is 11.2 Å². The third-order valence-corrected chi connectivity index (χ3v) is 1.48. The molecule has 60 valence electrons. The van der Waals surface area contributed by atoms with Crippen LogP contribution in [-0.2, 0) is 4.79 Å². The Morgan fingerprint density at radius 3 is 3.00 bits per heavy atom. The maximum absolute atomic E-state index is 10.7. The van der Waals surface area contributed by atoms with E-state index >= 15 is 0 Å². The fourth-order valence-electron chi connectivity index (χ4n) is 0.557. The highest BCUT2D eigenvalue weighted by molar-refractivity contribution is 9.09. The largest absolute Gasteiger partial charge is 0.293 e. The monoisotopic (exact) mass is 218 g/mol. The van der Waals surface area contributed by atoms with E-state index < -0.39 is 0 Å². The van der Waals surface area contributed by atoms with E-state index in [0.717, 1.165) is 0 Å². The number of nitrogens with zero attached hydrogens (tertiary/aromatic N) is 2. The second kappa shape index (κ2) is 3.47. The lowest BCUT2D eigenvalue weighted by molar-refractivity contribution is -0.113. The van der Waals surface area contributed by atoms with Gasteiger partial charge in [0.05, 0.1) is 5.33 Å². The molecule has 0 saturated heterocycles. The van der Waals surface area contributed by atoms with Gasteiger partial charge in [0, 0.05) is 0 Å². The van der Waals surface area contributed by atoms with Crippen molar-refractivity contribution < 1.29 is 4.79 Å². The smallest absolute Gasteiger partial charge is 0.248 e. The van der Waals surface area contributed by atoms with Crippen molar-refractivity contribution in [3.05, 3.63) is 5.82 Å². The number of aryl methyl sites for hydroxylation is 1. The van der Waals surface area contributed by atoms with Crippen LogP contribution in [0.3, 0.4) is 0 Å². The number of alkyl halides is 1. The summed E-state index contributed by atoms with van der Waals surface area (Å²) >= 11 is 3.00. The van der Waals surface area contributed by atoms with Gasteiger partial charge < -0.3 is 0 Å². The number of anilines is 1. The minimum Gasteiger partial charge on any atom is -0.293 e. The molecule has 0 fully saturated rings. The maximum Gasteiger partial charge on any atom is 0.248 e. The van der Waals surface area contributed by atoms with E-state index in [1.807, 2.05) is 0 Å². The predicted octanol–water partition coefficient (Wildman–Crippen LogP) is 0.447. The van der Waals surface area contributed by atoms with Gasteiger partial charge >= 0.3 is 0 Å². The minimum absolute atomic E-state index is 0.163. The zero-order chi connectivity index (χ0) is 8.27. The van der Waals surface area contributed by atoms with Crippen molar-refractivity contribution in [2.75, 3.05) is 10.6 Å². The molecule has 0 bridgehead atoms. The molecule has 1 heterocycles. The summed E-state index contributed by atoms with van der Waals surface area (Å²) < 4.78 is 0. The summed E-state index contributed by atoms with van der Waals surface area (Å²) in [5.41, 5.74) is 0. The van der Waals surface area contributed by atoms with Crippen LogP contribution in [0.25, 0.3) is 0 Å². The Kier molecular flexibility index (Phi) is 2.58. The third kappa shape index (κ3) is 2.30. The van der Waals surface area contributed by atoms with Gasteiger partial charge in [0.2, 0.25) is 11.9 Å². The fourth-order valence-corrected chi connectivity index (χ4v) is 0.697. The number of hydrogen-bond acceptors (Lipinski definition) is 3. The van der Waals surface area contributed by atoms with Crippen LogP contribution in [0.5, 0.6) is 0 Å². The summed E-state index contributed by atoms with van der Waals surface area (Å²) in [6, 6.07) is 0. The molecular weight excluding hydrogens is 212 g/mol. The second-order valence-electron chi connectivity index (χ2n) is 1.93. The van der Waals surface area contributed by atoms with Crippen molar-refractivity contribution in [3.63, 3.8) is 0 Å². The van der Waals surface area contributed by atoms with Crippen molar-refractivity contribution >= 4 is 27.8 Å². The lowest BCUT2D eigenvalue weighted by Gasteiger charge is -1.92. The zero-order valence-electron chi connectivity index (χ0n) is 5.89. The average molecular weight is 219 g/mol. The Bertz CT molecular complexity index is 259. The second-order valence-corrected chi connectivity index (χ2v) is 2.49. The molecule has 1 aromatic rings. The highest BCUT2D eigenvalue weighted by Crippen LogP contribution is 1.96. The van der Waals surface area contributed by atoms with Crippen LogP contribution < -0.4 is 5.32 Å². The molecule has 0 spiro atoms. The number of H-pyrrole nitrogens is 1. The van der Waals surface area contributed by atoms with Gasteiger partial charge in [-0.2, -0.15) is 4.98 Å². The van der Waals surface area contributed by atoms with Gasteiger partial charge in [0.25, 0.3) is 0 Å². The summed E-state index contributed by atoms with van der Waals surface area (Å²) in [5, 5.41) is 9.05. The van der Waals surface area contributed by atoms with E-state index in [1.54, 1.807) is 6.92 Å². The predicted molar refractivity (Wildman–Crippen MR) is 43.5 cm³/mol. The topological polar surface area (TPSA) is 70.7 Å². The van der Waals surface area contributed by atoms with Gasteiger partial charge in [-0.25, -0.2) is 0 Å². The lowest BCUT2D eigenvalue weighted by Crippen LogP contribution is -2.13. The Hall–Kier alpha value is -0.910. The first-order valence-electron chi connectivity index (χ1n) is 2.97. The molecule has 1 amide bonds. The fraction of sp³-hybridized carbons (Fsp3) is 0.400. The van der Waals surface area contributed by atoms with Crippen LogP contribution in [0.4, 0.5) is 5.95 Å². The molecule has 5 nitrogen and oxygen atoms in total. The number of carbonyl (C=O) groups is 1. The number of nitrogens with one attached hydrogen (secondary N) is 2. The summed E-state index contributed by atoms with van der Waals surface area (Å²) in [7, 11) is 0. The van der Waals surface area contributed by atoms with Crippen molar-refractivity contribution in [3.8, 4) is 0 Å².